The van der Waals surface area contributed by atoms with Gasteiger partial charge in [-0.2, -0.15) is 0 Å². The highest BCUT2D eigenvalue weighted by molar-refractivity contribution is 5.81. The Bertz CT molecular complexity index is 709. The zero-order chi connectivity index (χ0) is 15.0. The van der Waals surface area contributed by atoms with Crippen molar-refractivity contribution in [1.29, 1.82) is 0 Å². The van der Waals surface area contributed by atoms with Gasteiger partial charge < -0.3 is 11.1 Å². The molecule has 0 spiro atoms. The van der Waals surface area contributed by atoms with Crippen molar-refractivity contribution in [3.05, 3.63) is 28.6 Å². The Hall–Kier alpha value is -2.04. The number of rotatable bonds is 2. The van der Waals surface area contributed by atoms with Crippen LogP contribution in [0.15, 0.2) is 23.0 Å². The first-order chi connectivity index (χ1) is 10.0. The Kier molecular flexibility index (Phi) is 3.57. The van der Waals surface area contributed by atoms with E-state index < -0.39 is 0 Å². The molecular formula is C16H22N4O. The minimum Gasteiger partial charge on any atom is -0.399 e. The van der Waals surface area contributed by atoms with E-state index in [4.69, 9.17) is 5.73 Å². The van der Waals surface area contributed by atoms with E-state index >= 15 is 0 Å². The fraction of sp³-hybridized carbons (Fsp3) is 0.500. The van der Waals surface area contributed by atoms with Gasteiger partial charge in [-0.1, -0.05) is 13.8 Å². The van der Waals surface area contributed by atoms with Gasteiger partial charge in [-0.15, -0.1) is 0 Å². The third-order valence-corrected chi connectivity index (χ3v) is 4.48. The Morgan fingerprint density at radius 3 is 2.90 bits per heavy atom. The summed E-state index contributed by atoms with van der Waals surface area (Å²) in [6, 6.07) is 5.59. The van der Waals surface area contributed by atoms with Crippen LogP contribution in [0.1, 0.15) is 33.1 Å². The highest BCUT2D eigenvalue weighted by Gasteiger charge is 2.25. The molecule has 5 heteroatoms. The molecule has 0 amide bonds. The number of hydrogen-bond donors (Lipinski definition) is 3. The monoisotopic (exact) mass is 286 g/mol. The van der Waals surface area contributed by atoms with Crippen molar-refractivity contribution in [2.24, 2.45) is 11.8 Å². The van der Waals surface area contributed by atoms with Gasteiger partial charge in [0.25, 0.3) is 5.56 Å². The maximum Gasteiger partial charge on any atom is 0.260 e. The summed E-state index contributed by atoms with van der Waals surface area (Å²) in [4.78, 5) is 19.5. The number of hydrogen-bond acceptors (Lipinski definition) is 4. The lowest BCUT2D eigenvalue weighted by Crippen LogP contribution is -2.34. The Morgan fingerprint density at radius 2 is 2.14 bits per heavy atom. The van der Waals surface area contributed by atoms with Crippen molar-refractivity contribution in [3.8, 4) is 0 Å². The zero-order valence-electron chi connectivity index (χ0n) is 12.5. The summed E-state index contributed by atoms with van der Waals surface area (Å²) in [7, 11) is 0. The molecule has 0 radical (unpaired) electrons. The van der Waals surface area contributed by atoms with E-state index in [2.05, 4.69) is 29.1 Å². The quantitative estimate of drug-likeness (QED) is 0.741. The van der Waals surface area contributed by atoms with Crippen LogP contribution in [0.5, 0.6) is 0 Å². The number of aromatic nitrogens is 2. The SMILES string of the molecule is CC1CCC(Nc2nc3ccc(N)cc3c(=O)[nH]2)C(C)C1. The van der Waals surface area contributed by atoms with Crippen LogP contribution >= 0.6 is 0 Å². The van der Waals surface area contributed by atoms with Crippen molar-refractivity contribution in [3.63, 3.8) is 0 Å². The maximum atomic E-state index is 12.1. The number of nitrogens with zero attached hydrogens (tertiary/aromatic N) is 1. The molecule has 3 unspecified atom stereocenters. The number of anilines is 2. The van der Waals surface area contributed by atoms with Crippen molar-refractivity contribution >= 4 is 22.5 Å². The van der Waals surface area contributed by atoms with Gasteiger partial charge in [-0.25, -0.2) is 4.98 Å². The highest BCUT2D eigenvalue weighted by Crippen LogP contribution is 2.30. The third-order valence-electron chi connectivity index (χ3n) is 4.48. The number of nitrogens with one attached hydrogen (secondary N) is 2. The van der Waals surface area contributed by atoms with E-state index in [1.54, 1.807) is 18.2 Å². The normalized spacial score (nSPS) is 25.9. The Balaban J connectivity index is 1.88. The lowest BCUT2D eigenvalue weighted by atomic mass is 9.80. The van der Waals surface area contributed by atoms with Crippen LogP contribution in [0.3, 0.4) is 0 Å². The molecule has 5 nitrogen and oxygen atoms in total. The first kappa shape index (κ1) is 13.9. The standard InChI is InChI=1S/C16H22N4O/c1-9-3-5-13(10(2)7-9)18-16-19-14-6-4-11(17)8-12(14)15(21)20-16/h4,6,8-10,13H,3,5,7,17H2,1-2H3,(H2,18,19,20,21). The molecule has 3 rings (SSSR count). The van der Waals surface area contributed by atoms with E-state index in [0.29, 0.717) is 34.5 Å². The van der Waals surface area contributed by atoms with Gasteiger partial charge in [0.1, 0.15) is 0 Å². The summed E-state index contributed by atoms with van der Waals surface area (Å²) in [5.74, 6) is 1.93. The van der Waals surface area contributed by atoms with Crippen molar-refractivity contribution < 1.29 is 0 Å². The first-order valence-electron chi connectivity index (χ1n) is 7.59. The molecule has 0 saturated heterocycles. The molecule has 3 atom stereocenters. The van der Waals surface area contributed by atoms with Crippen LogP contribution in [0.25, 0.3) is 10.9 Å². The molecule has 0 aliphatic heterocycles. The van der Waals surface area contributed by atoms with Gasteiger partial charge in [-0.3, -0.25) is 9.78 Å². The van der Waals surface area contributed by atoms with Gasteiger partial charge >= 0.3 is 0 Å². The summed E-state index contributed by atoms with van der Waals surface area (Å²) in [6.07, 6.45) is 3.55. The Morgan fingerprint density at radius 1 is 1.33 bits per heavy atom. The molecule has 112 valence electrons. The van der Waals surface area contributed by atoms with Crippen molar-refractivity contribution in [2.45, 2.75) is 39.2 Å². The molecule has 1 aliphatic carbocycles. The Labute approximate surface area is 124 Å². The second-order valence-corrected chi connectivity index (χ2v) is 6.34. The summed E-state index contributed by atoms with van der Waals surface area (Å²) in [5, 5.41) is 3.93. The maximum absolute atomic E-state index is 12.1. The molecule has 4 N–H and O–H groups in total. The second-order valence-electron chi connectivity index (χ2n) is 6.34. The van der Waals surface area contributed by atoms with Crippen LogP contribution in [0, 0.1) is 11.8 Å². The summed E-state index contributed by atoms with van der Waals surface area (Å²) in [5.41, 5.74) is 6.82. The van der Waals surface area contributed by atoms with Gasteiger partial charge in [0.2, 0.25) is 5.95 Å². The number of nitrogen functional groups attached to an aromatic ring is 1. The summed E-state index contributed by atoms with van der Waals surface area (Å²) < 4.78 is 0. The van der Waals surface area contributed by atoms with Gasteiger partial charge in [-0.05, 0) is 49.3 Å². The molecule has 2 aromatic rings. The highest BCUT2D eigenvalue weighted by atomic mass is 16.1. The van der Waals surface area contributed by atoms with E-state index in [1.807, 2.05) is 0 Å². The minimum absolute atomic E-state index is 0.147. The molecule has 1 saturated carbocycles. The largest absolute Gasteiger partial charge is 0.399 e. The van der Waals surface area contributed by atoms with Crippen molar-refractivity contribution in [2.75, 3.05) is 11.1 Å². The molecule has 21 heavy (non-hydrogen) atoms. The zero-order valence-corrected chi connectivity index (χ0v) is 12.5. The van der Waals surface area contributed by atoms with Crippen LogP contribution in [-0.4, -0.2) is 16.0 Å². The lowest BCUT2D eigenvalue weighted by molar-refractivity contribution is 0.276. The number of fused-ring (bicyclic) bond motifs is 1. The molecule has 1 aliphatic rings. The average Bonchev–Trinajstić information content (AvgIpc) is 2.43. The van der Waals surface area contributed by atoms with E-state index in [0.717, 1.165) is 12.3 Å². The van der Waals surface area contributed by atoms with Crippen LogP contribution in [0.2, 0.25) is 0 Å². The van der Waals surface area contributed by atoms with E-state index in [-0.39, 0.29) is 5.56 Å². The van der Waals surface area contributed by atoms with Gasteiger partial charge in [0.05, 0.1) is 10.9 Å². The number of aromatic amines is 1. The molecular weight excluding hydrogens is 264 g/mol. The topological polar surface area (TPSA) is 83.8 Å². The molecule has 1 aromatic carbocycles. The second kappa shape index (κ2) is 5.39. The number of nitrogens with two attached hydrogens (primary N) is 1. The van der Waals surface area contributed by atoms with Gasteiger partial charge in [0.15, 0.2) is 0 Å². The number of H-pyrrole nitrogens is 1. The van der Waals surface area contributed by atoms with Crippen LogP contribution in [-0.2, 0) is 0 Å². The fourth-order valence-corrected chi connectivity index (χ4v) is 3.28. The predicted octanol–water partition coefficient (Wildman–Crippen LogP) is 2.74. The number of benzene rings is 1. The molecule has 1 heterocycles. The predicted molar refractivity (Wildman–Crippen MR) is 86.4 cm³/mol. The van der Waals surface area contributed by atoms with Crippen LogP contribution < -0.4 is 16.6 Å². The first-order valence-corrected chi connectivity index (χ1v) is 7.59. The van der Waals surface area contributed by atoms with E-state index in [1.165, 1.54) is 12.8 Å². The molecule has 0 bridgehead atoms. The summed E-state index contributed by atoms with van der Waals surface area (Å²) >= 11 is 0. The summed E-state index contributed by atoms with van der Waals surface area (Å²) in [6.45, 7) is 4.56. The average molecular weight is 286 g/mol. The van der Waals surface area contributed by atoms with Crippen LogP contribution in [0.4, 0.5) is 11.6 Å². The van der Waals surface area contributed by atoms with Gasteiger partial charge in [0, 0.05) is 11.7 Å². The van der Waals surface area contributed by atoms with Crippen molar-refractivity contribution in [1.82, 2.24) is 9.97 Å². The molecule has 1 fully saturated rings. The lowest BCUT2D eigenvalue weighted by Gasteiger charge is -2.33. The minimum atomic E-state index is -0.147. The molecule has 1 aromatic heterocycles. The smallest absolute Gasteiger partial charge is 0.260 e. The fourth-order valence-electron chi connectivity index (χ4n) is 3.28. The van der Waals surface area contributed by atoms with E-state index in [9.17, 15) is 4.79 Å². The third kappa shape index (κ3) is 2.86.